The van der Waals surface area contributed by atoms with Crippen LogP contribution in [0, 0.1) is 27.7 Å². The van der Waals surface area contributed by atoms with Crippen LogP contribution in [0.5, 0.6) is 11.6 Å². The van der Waals surface area contributed by atoms with Crippen molar-refractivity contribution in [2.75, 3.05) is 7.11 Å². The van der Waals surface area contributed by atoms with Crippen LogP contribution in [0.3, 0.4) is 0 Å². The molecule has 0 unspecified atom stereocenters. The lowest BCUT2D eigenvalue weighted by Gasteiger charge is -2.14. The van der Waals surface area contributed by atoms with Crippen molar-refractivity contribution in [3.05, 3.63) is 88.2 Å². The molecule has 0 fully saturated rings. The normalized spacial score (nSPS) is 11.4. The van der Waals surface area contributed by atoms with E-state index in [0.717, 1.165) is 41.7 Å². The molecule has 0 amide bonds. The zero-order valence-electron chi connectivity index (χ0n) is 20.2. The van der Waals surface area contributed by atoms with Crippen molar-refractivity contribution in [3.63, 3.8) is 0 Å². The Morgan fingerprint density at radius 3 is 2.42 bits per heavy atom. The van der Waals surface area contributed by atoms with Crippen molar-refractivity contribution in [1.29, 1.82) is 0 Å². The van der Waals surface area contributed by atoms with Gasteiger partial charge in [-0.1, -0.05) is 15.9 Å². The molecule has 0 saturated carbocycles. The summed E-state index contributed by atoms with van der Waals surface area (Å²) in [4.78, 5) is 31.8. The van der Waals surface area contributed by atoms with E-state index in [1.165, 1.54) is 6.21 Å². The molecule has 4 rings (SSSR count). The molecule has 0 atom stereocenters. The third-order valence-corrected chi connectivity index (χ3v) is 7.78. The van der Waals surface area contributed by atoms with Gasteiger partial charge in [0.25, 0.3) is 5.56 Å². The van der Waals surface area contributed by atoms with Crippen molar-refractivity contribution < 1.29 is 9.84 Å². The van der Waals surface area contributed by atoms with Crippen molar-refractivity contribution >= 4 is 43.8 Å². The molecule has 186 valence electrons. The van der Waals surface area contributed by atoms with Gasteiger partial charge in [0.1, 0.15) is 17.0 Å². The molecule has 2 N–H and O–H groups in total. The highest BCUT2D eigenvalue weighted by atomic mass is 79.9. The third-order valence-electron chi connectivity index (χ3n) is 5.78. The lowest BCUT2D eigenvalue weighted by Crippen LogP contribution is -2.31. The van der Waals surface area contributed by atoms with Crippen LogP contribution in [0.25, 0.3) is 11.4 Å². The molecule has 0 radical (unpaired) electrons. The van der Waals surface area contributed by atoms with Gasteiger partial charge in [-0.25, -0.2) is 14.0 Å². The molecule has 11 heteroatoms. The lowest BCUT2D eigenvalue weighted by atomic mass is 10.1. The fourth-order valence-corrected chi connectivity index (χ4v) is 4.51. The van der Waals surface area contributed by atoms with Crippen molar-refractivity contribution in [2.45, 2.75) is 27.7 Å². The number of hydrogen-bond acceptors (Lipinski definition) is 6. The smallest absolute Gasteiger partial charge is 0.335 e. The predicted octanol–water partition coefficient (Wildman–Crippen LogP) is 4.93. The van der Waals surface area contributed by atoms with Crippen molar-refractivity contribution in [3.8, 4) is 23.0 Å². The predicted molar refractivity (Wildman–Crippen MR) is 146 cm³/mol. The molecule has 0 bridgehead atoms. The fourth-order valence-electron chi connectivity index (χ4n) is 3.80. The molecule has 0 saturated heterocycles. The highest BCUT2D eigenvalue weighted by Gasteiger charge is 2.17. The Labute approximate surface area is 223 Å². The first-order valence-electron chi connectivity index (χ1n) is 10.8. The van der Waals surface area contributed by atoms with Crippen LogP contribution in [-0.4, -0.2) is 37.8 Å². The van der Waals surface area contributed by atoms with E-state index in [0.29, 0.717) is 17.1 Å². The van der Waals surface area contributed by atoms with Gasteiger partial charge in [0.15, 0.2) is 0 Å². The SMILES string of the molecule is COc1cc(N=Cc2c(O)n(-c3cc(C)c(Br)cc3C)c(=O)[nH]c2=O)ccc1-n1nc(C)c(Br)c1C. The van der Waals surface area contributed by atoms with Gasteiger partial charge in [-0.15, -0.1) is 0 Å². The van der Waals surface area contributed by atoms with E-state index < -0.39 is 17.1 Å². The molecule has 2 aromatic heterocycles. The summed E-state index contributed by atoms with van der Waals surface area (Å²) in [5.41, 5.74) is 3.35. The standard InChI is InChI=1S/C25H23Br2N5O4/c1-12-9-20(13(2)8-18(12)26)31-24(34)17(23(33)29-25(31)35)11-28-16-6-7-19(21(10-16)36-5)32-15(4)22(27)14(3)30-32/h6-11,34H,1-5H3,(H,29,33,35). The maximum Gasteiger partial charge on any atom is 0.335 e. The van der Waals surface area contributed by atoms with Gasteiger partial charge in [0.05, 0.1) is 34.3 Å². The first-order chi connectivity index (χ1) is 17.0. The Kier molecular flexibility index (Phi) is 7.05. The van der Waals surface area contributed by atoms with Crippen LogP contribution in [0.1, 0.15) is 28.1 Å². The second kappa shape index (κ2) is 9.90. The molecular formula is C25H23Br2N5O4. The number of aryl methyl sites for hydroxylation is 3. The number of methoxy groups -OCH3 is 1. The molecule has 0 aliphatic heterocycles. The van der Waals surface area contributed by atoms with Gasteiger partial charge in [-0.05, 0) is 79.0 Å². The van der Waals surface area contributed by atoms with Crippen LogP contribution >= 0.6 is 31.9 Å². The average Bonchev–Trinajstić information content (AvgIpc) is 3.08. The average molecular weight is 617 g/mol. The Hall–Kier alpha value is -3.44. The zero-order chi connectivity index (χ0) is 26.3. The quantitative estimate of drug-likeness (QED) is 0.309. The van der Waals surface area contributed by atoms with E-state index >= 15 is 0 Å². The Balaban J connectivity index is 1.78. The summed E-state index contributed by atoms with van der Waals surface area (Å²) in [5.74, 6) is 0.0141. The third kappa shape index (κ3) is 4.56. The number of halogens is 2. The van der Waals surface area contributed by atoms with Gasteiger partial charge in [-0.2, -0.15) is 5.10 Å². The molecule has 9 nitrogen and oxygen atoms in total. The topological polar surface area (TPSA) is 115 Å². The molecular weight excluding hydrogens is 594 g/mol. The van der Waals surface area contributed by atoms with Gasteiger partial charge in [-0.3, -0.25) is 14.8 Å². The monoisotopic (exact) mass is 615 g/mol. The Morgan fingerprint density at radius 2 is 1.78 bits per heavy atom. The minimum atomic E-state index is -0.750. The van der Waals surface area contributed by atoms with Gasteiger partial charge >= 0.3 is 5.69 Å². The summed E-state index contributed by atoms with van der Waals surface area (Å²) in [7, 11) is 1.54. The van der Waals surface area contributed by atoms with E-state index in [9.17, 15) is 14.7 Å². The molecule has 2 aromatic carbocycles. The van der Waals surface area contributed by atoms with Crippen LogP contribution < -0.4 is 16.0 Å². The number of rotatable bonds is 5. The number of aliphatic imine (C=N–C) groups is 1. The van der Waals surface area contributed by atoms with Crippen molar-refractivity contribution in [2.24, 2.45) is 4.99 Å². The highest BCUT2D eigenvalue weighted by molar-refractivity contribution is 9.10. The van der Waals surface area contributed by atoms with Gasteiger partial charge in [0, 0.05) is 16.8 Å². The van der Waals surface area contributed by atoms with Crippen LogP contribution in [-0.2, 0) is 0 Å². The number of ether oxygens (including phenoxy) is 1. The number of benzene rings is 2. The first kappa shape index (κ1) is 25.6. The van der Waals surface area contributed by atoms with E-state index in [1.54, 1.807) is 43.0 Å². The van der Waals surface area contributed by atoms with Crippen molar-refractivity contribution in [1.82, 2.24) is 19.3 Å². The summed E-state index contributed by atoms with van der Waals surface area (Å²) in [6.45, 7) is 7.51. The highest BCUT2D eigenvalue weighted by Crippen LogP contribution is 2.32. The van der Waals surface area contributed by atoms with E-state index in [4.69, 9.17) is 4.74 Å². The minimum Gasteiger partial charge on any atom is -0.494 e. The largest absolute Gasteiger partial charge is 0.494 e. The van der Waals surface area contributed by atoms with E-state index in [1.807, 2.05) is 26.8 Å². The van der Waals surface area contributed by atoms with E-state index in [-0.39, 0.29) is 5.56 Å². The first-order valence-corrected chi connectivity index (χ1v) is 12.4. The number of nitrogens with zero attached hydrogens (tertiary/aromatic N) is 4. The Morgan fingerprint density at radius 1 is 1.06 bits per heavy atom. The summed E-state index contributed by atoms with van der Waals surface area (Å²) < 4.78 is 10.2. The van der Waals surface area contributed by atoms with Crippen LogP contribution in [0.4, 0.5) is 5.69 Å². The Bertz CT molecular complexity index is 1650. The maximum absolute atomic E-state index is 12.6. The van der Waals surface area contributed by atoms with Crippen LogP contribution in [0.15, 0.2) is 53.9 Å². The second-order valence-corrected chi connectivity index (χ2v) is 9.88. The number of aromatic hydroxyl groups is 1. The summed E-state index contributed by atoms with van der Waals surface area (Å²) >= 11 is 6.99. The number of nitrogens with one attached hydrogen (secondary N) is 1. The summed E-state index contributed by atoms with van der Waals surface area (Å²) in [5, 5.41) is 15.5. The molecule has 0 aliphatic rings. The zero-order valence-corrected chi connectivity index (χ0v) is 23.4. The fraction of sp³-hybridized carbons (Fsp3) is 0.200. The number of aromatic nitrogens is 4. The maximum atomic E-state index is 12.6. The molecule has 2 heterocycles. The number of hydrogen-bond donors (Lipinski definition) is 2. The molecule has 0 aliphatic carbocycles. The van der Waals surface area contributed by atoms with Crippen LogP contribution in [0.2, 0.25) is 0 Å². The van der Waals surface area contributed by atoms with E-state index in [2.05, 4.69) is 46.9 Å². The second-order valence-electron chi connectivity index (χ2n) is 8.23. The number of H-pyrrole nitrogens is 1. The molecule has 0 spiro atoms. The molecule has 36 heavy (non-hydrogen) atoms. The van der Waals surface area contributed by atoms with Gasteiger partial charge in [0.2, 0.25) is 5.88 Å². The summed E-state index contributed by atoms with van der Waals surface area (Å²) in [6.07, 6.45) is 1.22. The molecule has 4 aromatic rings. The number of aromatic amines is 1. The minimum absolute atomic E-state index is 0.153. The lowest BCUT2D eigenvalue weighted by molar-refractivity contribution is 0.411. The summed E-state index contributed by atoms with van der Waals surface area (Å²) in [6, 6.07) is 8.82. The van der Waals surface area contributed by atoms with Gasteiger partial charge < -0.3 is 9.84 Å².